The fourth-order valence-electron chi connectivity index (χ4n) is 1.63. The largest absolute Gasteiger partial charge is 0.320 e. The number of benzene rings is 2. The molecule has 0 aromatic heterocycles. The molecule has 0 amide bonds. The second kappa shape index (κ2) is 5.00. The van der Waals surface area contributed by atoms with Crippen LogP contribution in [-0.4, -0.2) is 0 Å². The topological polar surface area (TPSA) is 26.0 Å². The van der Waals surface area contributed by atoms with Gasteiger partial charge in [0.2, 0.25) is 0 Å². The van der Waals surface area contributed by atoms with E-state index < -0.39 is 23.5 Å². The van der Waals surface area contributed by atoms with Crippen molar-refractivity contribution in [3.05, 3.63) is 70.0 Å². The van der Waals surface area contributed by atoms with Crippen LogP contribution in [0.4, 0.5) is 13.2 Å². The Morgan fingerprint density at radius 3 is 2.11 bits per heavy atom. The van der Waals surface area contributed by atoms with Gasteiger partial charge in [0.25, 0.3) is 0 Å². The van der Waals surface area contributed by atoms with Crippen molar-refractivity contribution in [2.24, 2.45) is 5.73 Å². The Morgan fingerprint density at radius 2 is 1.50 bits per heavy atom. The lowest BCUT2D eigenvalue weighted by Gasteiger charge is -2.14. The minimum absolute atomic E-state index is 0.0331. The number of nitrogens with two attached hydrogens (primary N) is 1. The SMILES string of the molecule is NC(c1ccc(F)cc1)c1cc(F)c(F)cc1Cl. The summed E-state index contributed by atoms with van der Waals surface area (Å²) in [6, 6.07) is 6.50. The van der Waals surface area contributed by atoms with Crippen molar-refractivity contribution in [3.63, 3.8) is 0 Å². The highest BCUT2D eigenvalue weighted by Gasteiger charge is 2.16. The molecule has 0 saturated heterocycles. The second-order valence-corrected chi connectivity index (χ2v) is 4.22. The fourth-order valence-corrected chi connectivity index (χ4v) is 1.89. The fraction of sp³-hybridized carbons (Fsp3) is 0.0769. The highest BCUT2D eigenvalue weighted by Crippen LogP contribution is 2.28. The minimum atomic E-state index is -1.03. The van der Waals surface area contributed by atoms with Gasteiger partial charge < -0.3 is 5.73 Å². The van der Waals surface area contributed by atoms with Gasteiger partial charge in [0.1, 0.15) is 5.82 Å². The Labute approximate surface area is 107 Å². The van der Waals surface area contributed by atoms with Crippen LogP contribution in [0.15, 0.2) is 36.4 Å². The molecule has 2 rings (SSSR count). The van der Waals surface area contributed by atoms with Gasteiger partial charge in [0.05, 0.1) is 6.04 Å². The standard InChI is InChI=1S/C13H9ClF3N/c14-10-6-12(17)11(16)5-9(10)13(18)7-1-3-8(15)4-2-7/h1-6,13H,18H2. The van der Waals surface area contributed by atoms with Gasteiger partial charge in [-0.25, -0.2) is 13.2 Å². The minimum Gasteiger partial charge on any atom is -0.320 e. The van der Waals surface area contributed by atoms with E-state index in [1.165, 1.54) is 24.3 Å². The Kier molecular flexibility index (Phi) is 3.59. The molecule has 18 heavy (non-hydrogen) atoms. The average Bonchev–Trinajstić information content (AvgIpc) is 2.34. The number of halogens is 4. The van der Waals surface area contributed by atoms with Crippen LogP contribution in [-0.2, 0) is 0 Å². The molecule has 0 fully saturated rings. The zero-order valence-corrected chi connectivity index (χ0v) is 9.89. The molecule has 1 nitrogen and oxygen atoms in total. The van der Waals surface area contributed by atoms with Gasteiger partial charge in [-0.15, -0.1) is 0 Å². The van der Waals surface area contributed by atoms with E-state index >= 15 is 0 Å². The first-order valence-electron chi connectivity index (χ1n) is 5.14. The molecular formula is C13H9ClF3N. The van der Waals surface area contributed by atoms with Crippen LogP contribution in [0.1, 0.15) is 17.2 Å². The zero-order valence-electron chi connectivity index (χ0n) is 9.13. The maximum atomic E-state index is 13.2. The maximum Gasteiger partial charge on any atom is 0.160 e. The normalized spacial score (nSPS) is 12.5. The zero-order chi connectivity index (χ0) is 13.3. The first-order valence-corrected chi connectivity index (χ1v) is 5.52. The van der Waals surface area contributed by atoms with E-state index in [2.05, 4.69) is 0 Å². The third-order valence-electron chi connectivity index (χ3n) is 2.60. The monoisotopic (exact) mass is 271 g/mol. The molecule has 5 heteroatoms. The first kappa shape index (κ1) is 12.9. The number of rotatable bonds is 2. The van der Waals surface area contributed by atoms with Gasteiger partial charge in [0.15, 0.2) is 11.6 Å². The molecular weight excluding hydrogens is 263 g/mol. The van der Waals surface area contributed by atoms with E-state index in [9.17, 15) is 13.2 Å². The van der Waals surface area contributed by atoms with Crippen molar-refractivity contribution in [1.29, 1.82) is 0 Å². The van der Waals surface area contributed by atoms with E-state index in [-0.39, 0.29) is 10.6 Å². The lowest BCUT2D eigenvalue weighted by molar-refractivity contribution is 0.506. The summed E-state index contributed by atoms with van der Waals surface area (Å²) in [5.41, 5.74) is 6.70. The maximum absolute atomic E-state index is 13.2. The molecule has 2 aromatic carbocycles. The predicted octanol–water partition coefficient (Wildman–Crippen LogP) is 3.81. The molecule has 2 N–H and O–H groups in total. The van der Waals surface area contributed by atoms with E-state index in [0.717, 1.165) is 12.1 Å². The van der Waals surface area contributed by atoms with Crippen molar-refractivity contribution in [2.45, 2.75) is 6.04 Å². The summed E-state index contributed by atoms with van der Waals surface area (Å²) in [6.07, 6.45) is 0. The van der Waals surface area contributed by atoms with Crippen LogP contribution in [0.2, 0.25) is 5.02 Å². The van der Waals surface area contributed by atoms with Gasteiger partial charge >= 0.3 is 0 Å². The van der Waals surface area contributed by atoms with E-state index in [0.29, 0.717) is 5.56 Å². The van der Waals surface area contributed by atoms with E-state index in [4.69, 9.17) is 17.3 Å². The van der Waals surface area contributed by atoms with E-state index in [1.54, 1.807) is 0 Å². The third kappa shape index (κ3) is 2.49. The molecule has 0 saturated carbocycles. The molecule has 94 valence electrons. The van der Waals surface area contributed by atoms with Gasteiger partial charge in [-0.3, -0.25) is 0 Å². The molecule has 0 bridgehead atoms. The van der Waals surface area contributed by atoms with Crippen LogP contribution in [0.3, 0.4) is 0 Å². The quantitative estimate of drug-likeness (QED) is 0.826. The highest BCUT2D eigenvalue weighted by atomic mass is 35.5. The van der Waals surface area contributed by atoms with Gasteiger partial charge in [-0.1, -0.05) is 23.7 Å². The molecule has 0 heterocycles. The molecule has 0 radical (unpaired) electrons. The predicted molar refractivity (Wildman–Crippen MR) is 63.8 cm³/mol. The Hall–Kier alpha value is -1.52. The number of hydrogen-bond acceptors (Lipinski definition) is 1. The average molecular weight is 272 g/mol. The Balaban J connectivity index is 2.42. The van der Waals surface area contributed by atoms with Gasteiger partial charge in [-0.05, 0) is 35.4 Å². The van der Waals surface area contributed by atoms with Crippen molar-refractivity contribution in [2.75, 3.05) is 0 Å². The molecule has 0 spiro atoms. The van der Waals surface area contributed by atoms with Crippen molar-refractivity contribution in [3.8, 4) is 0 Å². The third-order valence-corrected chi connectivity index (χ3v) is 2.93. The lowest BCUT2D eigenvalue weighted by Crippen LogP contribution is -2.13. The second-order valence-electron chi connectivity index (χ2n) is 3.82. The van der Waals surface area contributed by atoms with Crippen LogP contribution in [0.5, 0.6) is 0 Å². The molecule has 1 atom stereocenters. The molecule has 0 aliphatic carbocycles. The number of hydrogen-bond donors (Lipinski definition) is 1. The molecule has 1 unspecified atom stereocenters. The van der Waals surface area contributed by atoms with Crippen LogP contribution < -0.4 is 5.73 Å². The van der Waals surface area contributed by atoms with E-state index in [1.807, 2.05) is 0 Å². The smallest absolute Gasteiger partial charge is 0.160 e. The first-order chi connectivity index (χ1) is 8.49. The summed E-state index contributed by atoms with van der Waals surface area (Å²) in [5.74, 6) is -2.45. The van der Waals surface area contributed by atoms with Crippen molar-refractivity contribution < 1.29 is 13.2 Å². The summed E-state index contributed by atoms with van der Waals surface area (Å²) in [7, 11) is 0. The van der Waals surface area contributed by atoms with Gasteiger partial charge in [-0.2, -0.15) is 0 Å². The van der Waals surface area contributed by atoms with Crippen molar-refractivity contribution >= 4 is 11.6 Å². The molecule has 2 aromatic rings. The summed E-state index contributed by atoms with van der Waals surface area (Å²) in [5, 5.41) is 0.0331. The highest BCUT2D eigenvalue weighted by molar-refractivity contribution is 6.31. The summed E-state index contributed by atoms with van der Waals surface area (Å²) in [6.45, 7) is 0. The van der Waals surface area contributed by atoms with Crippen LogP contribution >= 0.6 is 11.6 Å². The summed E-state index contributed by atoms with van der Waals surface area (Å²) >= 11 is 5.82. The Morgan fingerprint density at radius 1 is 0.944 bits per heavy atom. The van der Waals surface area contributed by atoms with Crippen LogP contribution in [0, 0.1) is 17.5 Å². The Bertz CT molecular complexity index is 569. The summed E-state index contributed by atoms with van der Waals surface area (Å²) < 4.78 is 38.9. The molecule has 0 aliphatic heterocycles. The van der Waals surface area contributed by atoms with Crippen molar-refractivity contribution in [1.82, 2.24) is 0 Å². The summed E-state index contributed by atoms with van der Waals surface area (Å²) in [4.78, 5) is 0. The lowest BCUT2D eigenvalue weighted by atomic mass is 9.99. The van der Waals surface area contributed by atoms with Crippen LogP contribution in [0.25, 0.3) is 0 Å². The van der Waals surface area contributed by atoms with Gasteiger partial charge in [0, 0.05) is 5.02 Å². The molecule has 0 aliphatic rings.